The second kappa shape index (κ2) is 6.82. The summed E-state index contributed by atoms with van der Waals surface area (Å²) in [6.07, 6.45) is 2.41. The molecule has 7 nitrogen and oxygen atoms in total. The van der Waals surface area contributed by atoms with Crippen LogP contribution >= 0.6 is 0 Å². The summed E-state index contributed by atoms with van der Waals surface area (Å²) >= 11 is 0. The lowest BCUT2D eigenvalue weighted by Crippen LogP contribution is -2.32. The van der Waals surface area contributed by atoms with E-state index in [0.29, 0.717) is 19.3 Å². The molecule has 30 heavy (non-hydrogen) atoms. The van der Waals surface area contributed by atoms with E-state index in [1.54, 1.807) is 0 Å². The number of aromatic nitrogens is 3. The van der Waals surface area contributed by atoms with Gasteiger partial charge in [-0.2, -0.15) is 13.9 Å². The van der Waals surface area contributed by atoms with E-state index in [-0.39, 0.29) is 40.5 Å². The van der Waals surface area contributed by atoms with E-state index < -0.39 is 29.6 Å². The predicted octanol–water partition coefficient (Wildman–Crippen LogP) is 3.19. The standard InChI is InChI=1S/C20H22F3N5O2/c1-10-15(18(30)26-12-3-4-25-13(5-12)17(24)29)28(27-16(10)19(2,22)23)9-11-6-20(7-11)8-14(20)21/h3-5,11,14H,6-9H2,1-2H3,(H2,24,29)(H,25,26,30). The summed E-state index contributed by atoms with van der Waals surface area (Å²) in [4.78, 5) is 28.0. The Bertz CT molecular complexity index is 1020. The van der Waals surface area contributed by atoms with E-state index in [4.69, 9.17) is 5.73 Å². The minimum absolute atomic E-state index is 0.0116. The number of pyridine rings is 1. The highest BCUT2D eigenvalue weighted by Gasteiger charge is 2.62. The first-order chi connectivity index (χ1) is 14.0. The van der Waals surface area contributed by atoms with Gasteiger partial charge in [-0.25, -0.2) is 4.39 Å². The highest BCUT2D eigenvalue weighted by molar-refractivity contribution is 6.04. The monoisotopic (exact) mass is 421 g/mol. The molecular formula is C20H22F3N5O2. The molecule has 0 radical (unpaired) electrons. The van der Waals surface area contributed by atoms with E-state index in [1.165, 1.54) is 29.9 Å². The van der Waals surface area contributed by atoms with Crippen LogP contribution in [-0.4, -0.2) is 32.8 Å². The van der Waals surface area contributed by atoms with Gasteiger partial charge in [0.25, 0.3) is 17.7 Å². The van der Waals surface area contributed by atoms with Crippen LogP contribution in [0.5, 0.6) is 0 Å². The maximum absolute atomic E-state index is 14.0. The molecule has 0 aliphatic heterocycles. The predicted molar refractivity (Wildman–Crippen MR) is 102 cm³/mol. The number of hydrogen-bond donors (Lipinski definition) is 2. The maximum atomic E-state index is 14.0. The number of alkyl halides is 3. The van der Waals surface area contributed by atoms with Crippen LogP contribution < -0.4 is 11.1 Å². The van der Waals surface area contributed by atoms with Gasteiger partial charge >= 0.3 is 0 Å². The number of nitrogens with zero attached hydrogens (tertiary/aromatic N) is 3. The zero-order chi connectivity index (χ0) is 21.8. The molecule has 0 saturated heterocycles. The van der Waals surface area contributed by atoms with Gasteiger partial charge in [0, 0.05) is 36.3 Å². The van der Waals surface area contributed by atoms with Crippen LogP contribution in [0.4, 0.5) is 18.9 Å². The number of primary amides is 1. The van der Waals surface area contributed by atoms with Gasteiger partial charge in [0.1, 0.15) is 23.3 Å². The van der Waals surface area contributed by atoms with Crippen LogP contribution in [0, 0.1) is 18.3 Å². The Labute approximate surface area is 170 Å². The Morgan fingerprint density at radius 2 is 2.03 bits per heavy atom. The average molecular weight is 421 g/mol. The third-order valence-electron chi connectivity index (χ3n) is 6.00. The van der Waals surface area contributed by atoms with E-state index in [9.17, 15) is 22.8 Å². The first-order valence-corrected chi connectivity index (χ1v) is 9.67. The SMILES string of the molecule is Cc1c(C(C)(F)F)nn(CC2CC3(C2)CC3F)c1C(=O)Nc1ccnc(C(N)=O)c1. The van der Waals surface area contributed by atoms with Gasteiger partial charge in [0.2, 0.25) is 0 Å². The molecule has 1 unspecified atom stereocenters. The second-order valence-electron chi connectivity index (χ2n) is 8.45. The van der Waals surface area contributed by atoms with Crippen LogP contribution in [0.25, 0.3) is 0 Å². The molecule has 2 aliphatic rings. The third-order valence-corrected chi connectivity index (χ3v) is 6.00. The minimum atomic E-state index is -3.22. The van der Waals surface area contributed by atoms with Gasteiger partial charge in [0.05, 0.1) is 0 Å². The summed E-state index contributed by atoms with van der Waals surface area (Å²) in [5, 5.41) is 6.62. The molecule has 2 amide bonds. The molecule has 160 valence electrons. The Balaban J connectivity index is 1.60. The van der Waals surface area contributed by atoms with Crippen LogP contribution in [-0.2, 0) is 12.5 Å². The van der Waals surface area contributed by atoms with Crippen molar-refractivity contribution in [3.8, 4) is 0 Å². The van der Waals surface area contributed by atoms with Gasteiger partial charge in [0.15, 0.2) is 0 Å². The summed E-state index contributed by atoms with van der Waals surface area (Å²) < 4.78 is 42.8. The molecule has 2 aliphatic carbocycles. The van der Waals surface area contributed by atoms with E-state index in [2.05, 4.69) is 15.4 Å². The Kier molecular flexibility index (Phi) is 4.63. The molecule has 0 aromatic carbocycles. The van der Waals surface area contributed by atoms with Crippen molar-refractivity contribution in [3.63, 3.8) is 0 Å². The Morgan fingerprint density at radius 3 is 2.60 bits per heavy atom. The number of nitrogens with one attached hydrogen (secondary N) is 1. The fourth-order valence-corrected chi connectivity index (χ4v) is 4.41. The van der Waals surface area contributed by atoms with Crippen molar-refractivity contribution >= 4 is 17.5 Å². The molecule has 2 fully saturated rings. The summed E-state index contributed by atoms with van der Waals surface area (Å²) in [5.74, 6) is -4.54. The van der Waals surface area contributed by atoms with E-state index >= 15 is 0 Å². The molecule has 10 heteroatoms. The summed E-state index contributed by atoms with van der Waals surface area (Å²) in [6, 6.07) is 2.76. The lowest BCUT2D eigenvalue weighted by molar-refractivity contribution is 0.0110. The highest BCUT2D eigenvalue weighted by Crippen LogP contribution is 2.65. The Hall–Kier alpha value is -2.91. The summed E-state index contributed by atoms with van der Waals surface area (Å²) in [6.45, 7) is 2.41. The van der Waals surface area contributed by atoms with Gasteiger partial charge in [-0.15, -0.1) is 0 Å². The van der Waals surface area contributed by atoms with E-state index in [0.717, 1.165) is 6.92 Å². The molecule has 2 saturated carbocycles. The zero-order valence-corrected chi connectivity index (χ0v) is 16.6. The normalized spacial score (nSPS) is 25.1. The number of carbonyl (C=O) groups excluding carboxylic acids is 2. The molecular weight excluding hydrogens is 399 g/mol. The van der Waals surface area contributed by atoms with E-state index in [1.807, 2.05) is 0 Å². The van der Waals surface area contributed by atoms with Crippen molar-refractivity contribution in [1.82, 2.24) is 14.8 Å². The minimum Gasteiger partial charge on any atom is -0.364 e. The fourth-order valence-electron chi connectivity index (χ4n) is 4.41. The summed E-state index contributed by atoms with van der Waals surface area (Å²) in [5.41, 5.74) is 4.79. The summed E-state index contributed by atoms with van der Waals surface area (Å²) in [7, 11) is 0. The van der Waals surface area contributed by atoms with Crippen LogP contribution in [0.15, 0.2) is 18.3 Å². The number of anilines is 1. The first-order valence-electron chi connectivity index (χ1n) is 9.67. The second-order valence-corrected chi connectivity index (χ2v) is 8.45. The Morgan fingerprint density at radius 1 is 1.37 bits per heavy atom. The van der Waals surface area contributed by atoms with Crippen molar-refractivity contribution in [2.24, 2.45) is 17.1 Å². The smallest absolute Gasteiger partial charge is 0.289 e. The molecule has 2 aromatic rings. The average Bonchev–Trinajstić information content (AvgIpc) is 3.16. The molecule has 0 bridgehead atoms. The van der Waals surface area contributed by atoms with Crippen LogP contribution in [0.2, 0.25) is 0 Å². The van der Waals surface area contributed by atoms with Crippen molar-refractivity contribution in [2.75, 3.05) is 5.32 Å². The van der Waals surface area contributed by atoms with Gasteiger partial charge in [-0.3, -0.25) is 19.3 Å². The molecule has 2 heterocycles. The van der Waals surface area contributed by atoms with Gasteiger partial charge in [-0.1, -0.05) is 0 Å². The first kappa shape index (κ1) is 20.4. The van der Waals surface area contributed by atoms with Gasteiger partial charge < -0.3 is 11.1 Å². The fraction of sp³-hybridized carbons (Fsp3) is 0.500. The molecule has 4 rings (SSSR count). The number of nitrogens with two attached hydrogens (primary N) is 1. The maximum Gasteiger partial charge on any atom is 0.289 e. The topological polar surface area (TPSA) is 103 Å². The van der Waals surface area contributed by atoms with Crippen LogP contribution in [0.1, 0.15) is 58.4 Å². The number of carbonyl (C=O) groups is 2. The van der Waals surface area contributed by atoms with Crippen LogP contribution in [0.3, 0.4) is 0 Å². The number of amides is 2. The highest BCUT2D eigenvalue weighted by atomic mass is 19.3. The van der Waals surface area contributed by atoms with Crippen molar-refractivity contribution in [2.45, 2.75) is 51.7 Å². The molecule has 3 N–H and O–H groups in total. The number of halogens is 3. The largest absolute Gasteiger partial charge is 0.364 e. The number of rotatable bonds is 6. The number of hydrogen-bond acceptors (Lipinski definition) is 4. The molecule has 1 atom stereocenters. The third kappa shape index (κ3) is 3.54. The van der Waals surface area contributed by atoms with Crippen molar-refractivity contribution in [3.05, 3.63) is 41.0 Å². The van der Waals surface area contributed by atoms with Crippen molar-refractivity contribution < 1.29 is 22.8 Å². The zero-order valence-electron chi connectivity index (χ0n) is 16.6. The van der Waals surface area contributed by atoms with Gasteiger partial charge in [-0.05, 0) is 44.2 Å². The quantitative estimate of drug-likeness (QED) is 0.748. The lowest BCUT2D eigenvalue weighted by atomic mass is 9.71. The molecule has 2 aromatic heterocycles. The lowest BCUT2D eigenvalue weighted by Gasteiger charge is -2.35. The van der Waals surface area contributed by atoms with Crippen molar-refractivity contribution in [1.29, 1.82) is 0 Å². The molecule has 1 spiro atoms.